The van der Waals surface area contributed by atoms with E-state index in [4.69, 9.17) is 16.0 Å². The molecule has 0 amide bonds. The van der Waals surface area contributed by atoms with E-state index >= 15 is 0 Å². The van der Waals surface area contributed by atoms with Crippen LogP contribution < -0.4 is 10.5 Å². The van der Waals surface area contributed by atoms with E-state index in [1.165, 1.54) is 29.8 Å². The van der Waals surface area contributed by atoms with Gasteiger partial charge in [0, 0.05) is 17.6 Å². The van der Waals surface area contributed by atoms with Crippen molar-refractivity contribution in [3.8, 4) is 0 Å². The predicted octanol–water partition coefficient (Wildman–Crippen LogP) is 3.49. The molecular formula is C14H9BrClFN2O4S. The van der Waals surface area contributed by atoms with Crippen molar-refractivity contribution in [2.24, 2.45) is 7.05 Å². The number of rotatable bonds is 3. The molecule has 2 aromatic carbocycles. The summed E-state index contributed by atoms with van der Waals surface area (Å²) in [5, 5.41) is -0.121. The average Bonchev–Trinajstić information content (AvgIpc) is 2.76. The van der Waals surface area contributed by atoms with Crippen LogP contribution in [0.5, 0.6) is 0 Å². The van der Waals surface area contributed by atoms with Crippen molar-refractivity contribution in [1.82, 2.24) is 4.57 Å². The number of oxazole rings is 1. The van der Waals surface area contributed by atoms with E-state index in [0.717, 1.165) is 12.1 Å². The fourth-order valence-electron chi connectivity index (χ4n) is 2.11. The number of anilines is 1. The van der Waals surface area contributed by atoms with E-state index < -0.39 is 21.6 Å². The molecule has 10 heteroatoms. The van der Waals surface area contributed by atoms with Crippen LogP contribution in [-0.4, -0.2) is 13.0 Å². The second-order valence-corrected chi connectivity index (χ2v) is 7.88. The Morgan fingerprint density at radius 1 is 1.29 bits per heavy atom. The van der Waals surface area contributed by atoms with Gasteiger partial charge in [0.15, 0.2) is 5.58 Å². The molecule has 0 atom stereocenters. The highest BCUT2D eigenvalue weighted by atomic mass is 79.9. The minimum atomic E-state index is -4.18. The van der Waals surface area contributed by atoms with E-state index in [1.807, 2.05) is 0 Å². The van der Waals surface area contributed by atoms with Crippen molar-refractivity contribution in [3.63, 3.8) is 0 Å². The van der Waals surface area contributed by atoms with Crippen molar-refractivity contribution >= 4 is 54.3 Å². The van der Waals surface area contributed by atoms with Gasteiger partial charge in [-0.25, -0.2) is 17.6 Å². The zero-order valence-electron chi connectivity index (χ0n) is 12.0. The summed E-state index contributed by atoms with van der Waals surface area (Å²) in [5.74, 6) is -1.40. The Balaban J connectivity index is 2.11. The van der Waals surface area contributed by atoms with Gasteiger partial charge in [0.1, 0.15) is 10.7 Å². The molecule has 3 rings (SSSR count). The Labute approximate surface area is 149 Å². The lowest BCUT2D eigenvalue weighted by Gasteiger charge is -2.10. The lowest BCUT2D eigenvalue weighted by atomic mass is 10.3. The summed E-state index contributed by atoms with van der Waals surface area (Å²) < 4.78 is 47.6. The molecule has 0 aliphatic rings. The molecule has 0 radical (unpaired) electrons. The molecule has 0 spiro atoms. The molecule has 126 valence electrons. The summed E-state index contributed by atoms with van der Waals surface area (Å²) in [6, 6.07) is 6.30. The van der Waals surface area contributed by atoms with Crippen molar-refractivity contribution in [2.75, 3.05) is 4.72 Å². The first-order valence-corrected chi connectivity index (χ1v) is 9.11. The normalized spacial score (nSPS) is 11.8. The summed E-state index contributed by atoms with van der Waals surface area (Å²) in [5.41, 5.74) is 0.172. The molecule has 1 heterocycles. The maximum absolute atomic E-state index is 13.9. The Hall–Kier alpha value is -1.84. The van der Waals surface area contributed by atoms with Gasteiger partial charge in [-0.1, -0.05) is 27.5 Å². The van der Waals surface area contributed by atoms with Gasteiger partial charge >= 0.3 is 5.76 Å². The Morgan fingerprint density at radius 3 is 2.67 bits per heavy atom. The lowest BCUT2D eigenvalue weighted by Crippen LogP contribution is -2.14. The van der Waals surface area contributed by atoms with Crippen LogP contribution in [0.3, 0.4) is 0 Å². The summed E-state index contributed by atoms with van der Waals surface area (Å²) in [4.78, 5) is 11.2. The zero-order chi connectivity index (χ0) is 17.6. The summed E-state index contributed by atoms with van der Waals surface area (Å²) in [6.07, 6.45) is 0. The number of hydrogen-bond acceptors (Lipinski definition) is 4. The van der Waals surface area contributed by atoms with E-state index in [1.54, 1.807) is 0 Å². The molecule has 1 N–H and O–H groups in total. The fourth-order valence-corrected chi connectivity index (χ4v) is 4.05. The third-order valence-electron chi connectivity index (χ3n) is 3.31. The van der Waals surface area contributed by atoms with Crippen LogP contribution in [0.4, 0.5) is 10.1 Å². The van der Waals surface area contributed by atoms with Crippen LogP contribution in [0.2, 0.25) is 5.02 Å². The number of aromatic nitrogens is 1. The molecule has 6 nitrogen and oxygen atoms in total. The number of sulfonamides is 1. The number of halogens is 3. The molecule has 0 aliphatic carbocycles. The molecule has 24 heavy (non-hydrogen) atoms. The van der Waals surface area contributed by atoms with Crippen LogP contribution in [0.25, 0.3) is 11.1 Å². The Kier molecular flexibility index (Phi) is 4.18. The SMILES string of the molecule is Cn1c(=O)oc2cc(S(=O)(=O)Nc3ccc(Br)cc3F)c(Cl)cc21. The minimum Gasteiger partial charge on any atom is -0.408 e. The Bertz CT molecular complexity index is 1120. The monoisotopic (exact) mass is 434 g/mol. The summed E-state index contributed by atoms with van der Waals surface area (Å²) in [7, 11) is -2.72. The highest BCUT2D eigenvalue weighted by Gasteiger charge is 2.22. The number of fused-ring (bicyclic) bond motifs is 1. The number of hydrogen-bond donors (Lipinski definition) is 1. The van der Waals surface area contributed by atoms with E-state index in [0.29, 0.717) is 9.99 Å². The highest BCUT2D eigenvalue weighted by Crippen LogP contribution is 2.29. The van der Waals surface area contributed by atoms with Crippen molar-refractivity contribution in [3.05, 3.63) is 56.2 Å². The van der Waals surface area contributed by atoms with Crippen molar-refractivity contribution < 1.29 is 17.2 Å². The van der Waals surface area contributed by atoms with E-state index in [9.17, 15) is 17.6 Å². The topological polar surface area (TPSA) is 81.3 Å². The van der Waals surface area contributed by atoms with Crippen LogP contribution in [-0.2, 0) is 17.1 Å². The van der Waals surface area contributed by atoms with Gasteiger partial charge in [-0.2, -0.15) is 0 Å². The molecular weight excluding hydrogens is 427 g/mol. The number of aryl methyl sites for hydroxylation is 1. The molecule has 3 aromatic rings. The maximum Gasteiger partial charge on any atom is 0.419 e. The predicted molar refractivity (Wildman–Crippen MR) is 91.4 cm³/mol. The molecule has 0 saturated heterocycles. The van der Waals surface area contributed by atoms with Gasteiger partial charge in [0.25, 0.3) is 10.0 Å². The number of benzene rings is 2. The largest absolute Gasteiger partial charge is 0.419 e. The average molecular weight is 436 g/mol. The van der Waals surface area contributed by atoms with E-state index in [-0.39, 0.29) is 21.2 Å². The van der Waals surface area contributed by atoms with Gasteiger partial charge in [-0.05, 0) is 24.3 Å². The third kappa shape index (κ3) is 2.94. The van der Waals surface area contributed by atoms with Gasteiger partial charge in [-0.3, -0.25) is 9.29 Å². The first kappa shape index (κ1) is 17.0. The molecule has 0 aliphatic heterocycles. The molecule has 0 saturated carbocycles. The second kappa shape index (κ2) is 5.91. The van der Waals surface area contributed by atoms with Crippen LogP contribution in [0.1, 0.15) is 0 Å². The van der Waals surface area contributed by atoms with Gasteiger partial charge in [0.05, 0.1) is 16.2 Å². The van der Waals surface area contributed by atoms with Crippen molar-refractivity contribution in [2.45, 2.75) is 4.90 Å². The second-order valence-electron chi connectivity index (χ2n) is 4.91. The first-order valence-electron chi connectivity index (χ1n) is 6.46. The van der Waals surface area contributed by atoms with E-state index in [2.05, 4.69) is 20.7 Å². The van der Waals surface area contributed by atoms with Crippen LogP contribution >= 0.6 is 27.5 Å². The fraction of sp³-hybridized carbons (Fsp3) is 0.0714. The summed E-state index contributed by atoms with van der Waals surface area (Å²) in [6.45, 7) is 0. The van der Waals surface area contributed by atoms with Crippen LogP contribution in [0, 0.1) is 5.82 Å². The maximum atomic E-state index is 13.9. The molecule has 1 aromatic heterocycles. The zero-order valence-corrected chi connectivity index (χ0v) is 15.2. The van der Waals surface area contributed by atoms with Crippen LogP contribution in [0.15, 0.2) is 48.9 Å². The van der Waals surface area contributed by atoms with Gasteiger partial charge < -0.3 is 4.42 Å². The number of nitrogens with zero attached hydrogens (tertiary/aromatic N) is 1. The quantitative estimate of drug-likeness (QED) is 0.683. The molecule has 0 bridgehead atoms. The number of nitrogens with one attached hydrogen (secondary N) is 1. The Morgan fingerprint density at radius 2 is 2.00 bits per heavy atom. The lowest BCUT2D eigenvalue weighted by molar-refractivity contribution is 0.527. The van der Waals surface area contributed by atoms with Crippen molar-refractivity contribution in [1.29, 1.82) is 0 Å². The molecule has 0 fully saturated rings. The van der Waals surface area contributed by atoms with Gasteiger partial charge in [0.2, 0.25) is 0 Å². The highest BCUT2D eigenvalue weighted by molar-refractivity contribution is 9.10. The third-order valence-corrected chi connectivity index (χ3v) is 5.63. The van der Waals surface area contributed by atoms with Gasteiger partial charge in [-0.15, -0.1) is 0 Å². The smallest absolute Gasteiger partial charge is 0.408 e. The standard InChI is InChI=1S/C14H9BrClFN2O4S/c1-19-11-5-8(16)13(6-12(11)23-14(19)20)24(21,22)18-10-3-2-7(15)4-9(10)17/h2-6,18H,1H3. The first-order chi connectivity index (χ1) is 11.2. The minimum absolute atomic E-state index is 0.0588. The summed E-state index contributed by atoms with van der Waals surface area (Å²) >= 11 is 9.11. The molecule has 0 unspecified atom stereocenters.